The van der Waals surface area contributed by atoms with Crippen LogP contribution in [0.15, 0.2) is 71.8 Å². The SMILES string of the molecule is Cc1ccc(Nc2nccc(Oc3ccc4c(C(=O)O)cccc4c3)n2)cc1S(C)(=O)=O. The van der Waals surface area contributed by atoms with Crippen LogP contribution in [0.3, 0.4) is 0 Å². The van der Waals surface area contributed by atoms with E-state index in [1.165, 1.54) is 12.3 Å². The largest absolute Gasteiger partial charge is 0.478 e. The number of carboxylic acids is 1. The van der Waals surface area contributed by atoms with Crippen molar-refractivity contribution in [2.75, 3.05) is 11.6 Å². The number of nitrogens with one attached hydrogen (secondary N) is 1. The minimum atomic E-state index is -3.37. The highest BCUT2D eigenvalue weighted by Crippen LogP contribution is 2.28. The Labute approximate surface area is 184 Å². The second-order valence-electron chi connectivity index (χ2n) is 7.19. The minimum absolute atomic E-state index is 0.217. The van der Waals surface area contributed by atoms with Gasteiger partial charge in [-0.3, -0.25) is 0 Å². The Morgan fingerprint density at radius 2 is 1.88 bits per heavy atom. The van der Waals surface area contributed by atoms with Crippen LogP contribution in [0.25, 0.3) is 10.8 Å². The van der Waals surface area contributed by atoms with Gasteiger partial charge in [-0.25, -0.2) is 18.2 Å². The van der Waals surface area contributed by atoms with E-state index < -0.39 is 15.8 Å². The molecule has 9 heteroatoms. The zero-order valence-electron chi connectivity index (χ0n) is 17.2. The van der Waals surface area contributed by atoms with Crippen molar-refractivity contribution in [3.8, 4) is 11.6 Å². The van der Waals surface area contributed by atoms with E-state index in [0.29, 0.717) is 22.4 Å². The van der Waals surface area contributed by atoms with Gasteiger partial charge in [-0.2, -0.15) is 4.98 Å². The predicted octanol–water partition coefficient (Wildman–Crippen LogP) is 4.58. The van der Waals surface area contributed by atoms with Gasteiger partial charge < -0.3 is 15.2 Å². The van der Waals surface area contributed by atoms with Crippen LogP contribution in [0.1, 0.15) is 15.9 Å². The number of aromatic nitrogens is 2. The maximum atomic E-state index is 12.0. The first-order valence-corrected chi connectivity index (χ1v) is 11.4. The van der Waals surface area contributed by atoms with Gasteiger partial charge in [0.2, 0.25) is 11.8 Å². The summed E-state index contributed by atoms with van der Waals surface area (Å²) < 4.78 is 29.7. The lowest BCUT2D eigenvalue weighted by atomic mass is 10.0. The molecule has 162 valence electrons. The lowest BCUT2D eigenvalue weighted by molar-refractivity contribution is 0.0699. The van der Waals surface area contributed by atoms with E-state index in [0.717, 1.165) is 11.6 Å². The number of rotatable bonds is 6. The van der Waals surface area contributed by atoms with Crippen molar-refractivity contribution in [3.63, 3.8) is 0 Å². The predicted molar refractivity (Wildman–Crippen MR) is 121 cm³/mol. The third-order valence-corrected chi connectivity index (χ3v) is 6.02. The number of anilines is 2. The van der Waals surface area contributed by atoms with Gasteiger partial charge in [-0.05, 0) is 59.7 Å². The van der Waals surface area contributed by atoms with Crippen LogP contribution in [0.2, 0.25) is 0 Å². The highest BCUT2D eigenvalue weighted by Gasteiger charge is 2.13. The molecule has 0 radical (unpaired) electrons. The quantitative estimate of drug-likeness (QED) is 0.439. The van der Waals surface area contributed by atoms with Gasteiger partial charge in [0.1, 0.15) is 5.75 Å². The summed E-state index contributed by atoms with van der Waals surface area (Å²) in [6.07, 6.45) is 2.67. The highest BCUT2D eigenvalue weighted by molar-refractivity contribution is 7.90. The van der Waals surface area contributed by atoms with Crippen LogP contribution in [0, 0.1) is 6.92 Å². The summed E-state index contributed by atoms with van der Waals surface area (Å²) in [4.78, 5) is 20.1. The second kappa shape index (κ2) is 8.27. The molecule has 4 aromatic rings. The Kier molecular flexibility index (Phi) is 5.50. The van der Waals surface area contributed by atoms with E-state index in [9.17, 15) is 18.3 Å². The number of carbonyl (C=O) groups is 1. The van der Waals surface area contributed by atoms with Crippen molar-refractivity contribution >= 4 is 38.2 Å². The molecule has 0 saturated heterocycles. The van der Waals surface area contributed by atoms with Gasteiger partial charge in [0.15, 0.2) is 9.84 Å². The number of aryl methyl sites for hydroxylation is 1. The summed E-state index contributed by atoms with van der Waals surface area (Å²) in [5, 5.41) is 13.6. The van der Waals surface area contributed by atoms with Crippen LogP contribution < -0.4 is 10.1 Å². The van der Waals surface area contributed by atoms with E-state index in [2.05, 4.69) is 15.3 Å². The molecular formula is C23H19N3O5S. The van der Waals surface area contributed by atoms with Gasteiger partial charge in [-0.1, -0.05) is 18.2 Å². The molecule has 0 aliphatic rings. The van der Waals surface area contributed by atoms with Crippen LogP contribution in [-0.4, -0.2) is 35.7 Å². The van der Waals surface area contributed by atoms with E-state index in [1.807, 2.05) is 0 Å². The number of fused-ring (bicyclic) bond motifs is 1. The number of hydrogen-bond donors (Lipinski definition) is 2. The summed E-state index contributed by atoms with van der Waals surface area (Å²) in [6, 6.07) is 16.7. The molecule has 1 heterocycles. The monoisotopic (exact) mass is 449 g/mol. The fourth-order valence-corrected chi connectivity index (χ4v) is 4.29. The number of carboxylic acid groups (broad SMARTS) is 1. The third kappa shape index (κ3) is 4.52. The average molecular weight is 449 g/mol. The Balaban J connectivity index is 1.58. The molecule has 2 N–H and O–H groups in total. The summed E-state index contributed by atoms with van der Waals surface area (Å²) in [5.41, 5.74) is 1.40. The van der Waals surface area contributed by atoms with Crippen LogP contribution >= 0.6 is 0 Å². The topological polar surface area (TPSA) is 118 Å². The minimum Gasteiger partial charge on any atom is -0.478 e. The summed E-state index contributed by atoms with van der Waals surface area (Å²) in [6.45, 7) is 1.73. The molecule has 0 bridgehead atoms. The summed E-state index contributed by atoms with van der Waals surface area (Å²) >= 11 is 0. The van der Waals surface area contributed by atoms with Gasteiger partial charge in [-0.15, -0.1) is 0 Å². The van der Waals surface area contributed by atoms with Gasteiger partial charge in [0.25, 0.3) is 0 Å². The fraction of sp³-hybridized carbons (Fsp3) is 0.0870. The maximum Gasteiger partial charge on any atom is 0.336 e. The first-order chi connectivity index (χ1) is 15.2. The zero-order chi connectivity index (χ0) is 22.9. The zero-order valence-corrected chi connectivity index (χ0v) is 18.1. The van der Waals surface area contributed by atoms with E-state index in [-0.39, 0.29) is 22.3 Å². The van der Waals surface area contributed by atoms with Crippen molar-refractivity contribution in [1.82, 2.24) is 9.97 Å². The standard InChI is InChI=1S/C23H19N3O5S/c1-14-6-7-16(13-20(14)32(2,29)30)25-23-24-11-10-21(26-23)31-17-8-9-18-15(12-17)4-3-5-19(18)22(27)28/h3-13H,1-2H3,(H,27,28)(H,24,25,26). The van der Waals surface area contributed by atoms with Crippen LogP contribution in [0.4, 0.5) is 11.6 Å². The molecule has 0 aliphatic carbocycles. The smallest absolute Gasteiger partial charge is 0.336 e. The normalized spacial score (nSPS) is 11.3. The maximum absolute atomic E-state index is 12.0. The Bertz CT molecular complexity index is 1450. The molecule has 8 nitrogen and oxygen atoms in total. The van der Waals surface area contributed by atoms with Gasteiger partial charge >= 0.3 is 5.97 Å². The first kappa shape index (κ1) is 21.3. The van der Waals surface area contributed by atoms with Crippen molar-refractivity contribution in [3.05, 3.63) is 78.0 Å². The molecule has 0 spiro atoms. The fourth-order valence-electron chi connectivity index (χ4n) is 3.30. The molecule has 0 aliphatic heterocycles. The molecule has 0 atom stereocenters. The van der Waals surface area contributed by atoms with E-state index in [1.54, 1.807) is 61.5 Å². The van der Waals surface area contributed by atoms with Crippen LogP contribution in [-0.2, 0) is 9.84 Å². The number of benzene rings is 3. The molecule has 4 rings (SSSR count). The molecule has 32 heavy (non-hydrogen) atoms. The van der Waals surface area contributed by atoms with Crippen LogP contribution in [0.5, 0.6) is 11.6 Å². The second-order valence-corrected chi connectivity index (χ2v) is 9.18. The number of ether oxygens (including phenoxy) is 1. The first-order valence-electron chi connectivity index (χ1n) is 9.55. The molecule has 0 amide bonds. The highest BCUT2D eigenvalue weighted by atomic mass is 32.2. The lowest BCUT2D eigenvalue weighted by Crippen LogP contribution is -2.03. The van der Waals surface area contributed by atoms with Crippen molar-refractivity contribution in [2.45, 2.75) is 11.8 Å². The molecule has 1 aromatic heterocycles. The lowest BCUT2D eigenvalue weighted by Gasteiger charge is -2.10. The van der Waals surface area contributed by atoms with E-state index in [4.69, 9.17) is 4.74 Å². The molecule has 0 unspecified atom stereocenters. The molecule has 0 saturated carbocycles. The van der Waals surface area contributed by atoms with Crippen molar-refractivity contribution < 1.29 is 23.1 Å². The third-order valence-electron chi connectivity index (χ3n) is 4.78. The van der Waals surface area contributed by atoms with Gasteiger partial charge in [0, 0.05) is 24.2 Å². The Morgan fingerprint density at radius 3 is 2.62 bits per heavy atom. The molecule has 3 aromatic carbocycles. The molecule has 0 fully saturated rings. The van der Waals surface area contributed by atoms with Crippen molar-refractivity contribution in [2.24, 2.45) is 0 Å². The number of hydrogen-bond acceptors (Lipinski definition) is 7. The summed E-state index contributed by atoms with van der Waals surface area (Å²) in [7, 11) is -3.37. The van der Waals surface area contributed by atoms with Gasteiger partial charge in [0.05, 0.1) is 10.5 Å². The Hall–Kier alpha value is -3.98. The summed E-state index contributed by atoms with van der Waals surface area (Å²) in [5.74, 6) is -0.00301. The van der Waals surface area contributed by atoms with Crippen molar-refractivity contribution in [1.29, 1.82) is 0 Å². The van der Waals surface area contributed by atoms with E-state index >= 15 is 0 Å². The number of sulfone groups is 1. The number of aromatic carboxylic acids is 1. The average Bonchev–Trinajstić information content (AvgIpc) is 2.74. The molecular weight excluding hydrogens is 430 g/mol. The Morgan fingerprint density at radius 1 is 1.06 bits per heavy atom. The number of nitrogens with zero attached hydrogens (tertiary/aromatic N) is 2.